The molecule has 2 aliphatic heterocycles. The predicted molar refractivity (Wildman–Crippen MR) is 129 cm³/mol. The van der Waals surface area contributed by atoms with Crippen LogP contribution in [0, 0.1) is 5.82 Å². The quantitative estimate of drug-likeness (QED) is 0.629. The first-order chi connectivity index (χ1) is 16.5. The lowest BCUT2D eigenvalue weighted by Crippen LogP contribution is -2.46. The van der Waals surface area contributed by atoms with Crippen molar-refractivity contribution in [3.63, 3.8) is 0 Å². The zero-order valence-corrected chi connectivity index (χ0v) is 19.5. The van der Waals surface area contributed by atoms with E-state index in [-0.39, 0.29) is 18.9 Å². The summed E-state index contributed by atoms with van der Waals surface area (Å²) in [7, 11) is 0. The Kier molecular flexibility index (Phi) is 7.42. The number of anilines is 2. The number of piperazine rings is 1. The molecule has 0 radical (unpaired) electrons. The number of hydrogen-bond acceptors (Lipinski definition) is 6. The minimum atomic E-state index is -0.746. The lowest BCUT2D eigenvalue weighted by molar-refractivity contribution is -0.123. The normalized spacial score (nSPS) is 19.0. The number of rotatable bonds is 7. The predicted octanol–water partition coefficient (Wildman–Crippen LogP) is 3.39. The first-order valence-corrected chi connectivity index (χ1v) is 11.6. The lowest BCUT2D eigenvalue weighted by Gasteiger charge is -2.34. The number of carbonyl (C=O) groups is 2. The third kappa shape index (κ3) is 5.36. The molecule has 8 nitrogen and oxygen atoms in total. The van der Waals surface area contributed by atoms with Crippen molar-refractivity contribution in [3.8, 4) is 11.1 Å². The molecular weight excluding hydrogens is 437 g/mol. The van der Waals surface area contributed by atoms with E-state index in [1.165, 1.54) is 11.0 Å². The Hall–Kier alpha value is -3.46. The van der Waals surface area contributed by atoms with Crippen molar-refractivity contribution in [1.29, 1.82) is 0 Å². The van der Waals surface area contributed by atoms with Crippen LogP contribution in [0.1, 0.15) is 20.3 Å². The SMILES string of the molecule is C/C=C/CN1CCN(c2ccc(-c3ccc(N4CC(NC(=O)CC)OC4=O)cc3F)cn2)CC1. The Bertz CT molecular complexity index is 1050. The number of pyridine rings is 1. The van der Waals surface area contributed by atoms with E-state index in [0.29, 0.717) is 16.8 Å². The number of halogens is 1. The summed E-state index contributed by atoms with van der Waals surface area (Å²) < 4.78 is 20.1. The molecule has 2 aliphatic rings. The molecule has 34 heavy (non-hydrogen) atoms. The molecule has 1 N–H and O–H groups in total. The molecule has 4 rings (SSSR count). The summed E-state index contributed by atoms with van der Waals surface area (Å²) in [6.07, 6.45) is 4.84. The second-order valence-electron chi connectivity index (χ2n) is 8.33. The van der Waals surface area contributed by atoms with Crippen LogP contribution in [-0.4, -0.2) is 67.4 Å². The molecular formula is C25H30FN5O3. The molecule has 0 aliphatic carbocycles. The van der Waals surface area contributed by atoms with Crippen molar-refractivity contribution in [2.75, 3.05) is 49.1 Å². The molecule has 9 heteroatoms. The van der Waals surface area contributed by atoms with Crippen LogP contribution in [0.3, 0.4) is 0 Å². The maximum Gasteiger partial charge on any atom is 0.416 e. The Labute approximate surface area is 199 Å². The molecule has 0 spiro atoms. The summed E-state index contributed by atoms with van der Waals surface area (Å²) in [6.45, 7) is 8.60. The number of amides is 2. The average molecular weight is 468 g/mol. The van der Waals surface area contributed by atoms with Crippen LogP contribution in [0.5, 0.6) is 0 Å². The molecule has 2 amide bonds. The summed E-state index contributed by atoms with van der Waals surface area (Å²) in [5, 5.41) is 2.62. The first-order valence-electron chi connectivity index (χ1n) is 11.6. The number of hydrogen-bond donors (Lipinski definition) is 1. The number of nitrogens with one attached hydrogen (secondary N) is 1. The van der Waals surface area contributed by atoms with E-state index in [2.05, 4.69) is 32.3 Å². The first kappa shape index (κ1) is 23.7. The van der Waals surface area contributed by atoms with Crippen LogP contribution < -0.4 is 15.1 Å². The third-order valence-corrected chi connectivity index (χ3v) is 6.07. The highest BCUT2D eigenvalue weighted by atomic mass is 19.1. The van der Waals surface area contributed by atoms with Gasteiger partial charge in [0.05, 0.1) is 12.2 Å². The van der Waals surface area contributed by atoms with Gasteiger partial charge in [0.15, 0.2) is 6.23 Å². The number of carbonyl (C=O) groups excluding carboxylic acids is 2. The molecule has 2 fully saturated rings. The minimum absolute atomic E-state index is 0.127. The third-order valence-electron chi connectivity index (χ3n) is 6.07. The molecule has 180 valence electrons. The Balaban J connectivity index is 1.40. The average Bonchev–Trinajstić information content (AvgIpc) is 3.22. The maximum absolute atomic E-state index is 15.0. The molecule has 0 saturated carbocycles. The summed E-state index contributed by atoms with van der Waals surface area (Å²) in [5.41, 5.74) is 1.44. The van der Waals surface area contributed by atoms with Gasteiger partial charge in [0.25, 0.3) is 0 Å². The van der Waals surface area contributed by atoms with Gasteiger partial charge in [-0.05, 0) is 37.3 Å². The van der Waals surface area contributed by atoms with Crippen LogP contribution >= 0.6 is 0 Å². The maximum atomic E-state index is 15.0. The molecule has 0 bridgehead atoms. The van der Waals surface area contributed by atoms with Gasteiger partial charge in [-0.25, -0.2) is 14.2 Å². The van der Waals surface area contributed by atoms with Crippen molar-refractivity contribution >= 4 is 23.5 Å². The summed E-state index contributed by atoms with van der Waals surface area (Å²) >= 11 is 0. The second-order valence-corrected chi connectivity index (χ2v) is 8.33. The number of allylic oxidation sites excluding steroid dienone is 1. The van der Waals surface area contributed by atoms with Crippen LogP contribution in [0.25, 0.3) is 11.1 Å². The zero-order valence-electron chi connectivity index (χ0n) is 19.5. The topological polar surface area (TPSA) is 78.0 Å². The van der Waals surface area contributed by atoms with Gasteiger partial charge < -0.3 is 15.0 Å². The summed E-state index contributed by atoms with van der Waals surface area (Å²) in [5.74, 6) is 0.206. The van der Waals surface area contributed by atoms with Gasteiger partial charge in [-0.3, -0.25) is 14.6 Å². The number of nitrogens with zero attached hydrogens (tertiary/aromatic N) is 4. The van der Waals surface area contributed by atoms with Gasteiger partial charge in [0.2, 0.25) is 5.91 Å². The molecule has 2 aromatic rings. The van der Waals surface area contributed by atoms with Gasteiger partial charge in [-0.2, -0.15) is 0 Å². The Morgan fingerprint density at radius 1 is 1.24 bits per heavy atom. The van der Waals surface area contributed by atoms with Crippen molar-refractivity contribution in [3.05, 3.63) is 54.5 Å². The molecule has 2 saturated heterocycles. The van der Waals surface area contributed by atoms with Crippen LogP contribution in [0.2, 0.25) is 0 Å². The highest BCUT2D eigenvalue weighted by Gasteiger charge is 2.33. The fourth-order valence-corrected chi connectivity index (χ4v) is 4.08. The van der Waals surface area contributed by atoms with Crippen molar-refractivity contribution < 1.29 is 18.7 Å². The Morgan fingerprint density at radius 3 is 2.68 bits per heavy atom. The van der Waals surface area contributed by atoms with E-state index >= 15 is 0 Å². The number of cyclic esters (lactones) is 1. The highest BCUT2D eigenvalue weighted by Crippen LogP contribution is 2.29. The van der Waals surface area contributed by atoms with Gasteiger partial charge in [-0.1, -0.05) is 19.1 Å². The van der Waals surface area contributed by atoms with E-state index in [9.17, 15) is 14.0 Å². The number of benzene rings is 1. The van der Waals surface area contributed by atoms with Crippen molar-refractivity contribution in [1.82, 2.24) is 15.2 Å². The van der Waals surface area contributed by atoms with E-state index in [4.69, 9.17) is 4.74 Å². The fourth-order valence-electron chi connectivity index (χ4n) is 4.08. The Morgan fingerprint density at radius 2 is 2.03 bits per heavy atom. The lowest BCUT2D eigenvalue weighted by atomic mass is 10.1. The molecule has 1 unspecified atom stereocenters. The van der Waals surface area contributed by atoms with E-state index < -0.39 is 18.1 Å². The van der Waals surface area contributed by atoms with Gasteiger partial charge >= 0.3 is 6.09 Å². The van der Waals surface area contributed by atoms with Crippen LogP contribution in [0.4, 0.5) is 20.7 Å². The summed E-state index contributed by atoms with van der Waals surface area (Å²) in [4.78, 5) is 34.3. The van der Waals surface area contributed by atoms with E-state index in [0.717, 1.165) is 38.5 Å². The van der Waals surface area contributed by atoms with Crippen molar-refractivity contribution in [2.24, 2.45) is 0 Å². The number of aromatic nitrogens is 1. The molecule has 1 aromatic carbocycles. The smallest absolute Gasteiger partial charge is 0.416 e. The zero-order chi connectivity index (χ0) is 24.1. The molecule has 3 heterocycles. The monoisotopic (exact) mass is 467 g/mol. The van der Waals surface area contributed by atoms with Crippen molar-refractivity contribution in [2.45, 2.75) is 26.5 Å². The molecule has 1 aromatic heterocycles. The van der Waals surface area contributed by atoms with E-state index in [1.807, 2.05) is 19.1 Å². The largest absolute Gasteiger partial charge is 0.423 e. The van der Waals surface area contributed by atoms with Gasteiger partial charge in [-0.15, -0.1) is 0 Å². The van der Waals surface area contributed by atoms with Crippen LogP contribution in [-0.2, 0) is 9.53 Å². The molecule has 1 atom stereocenters. The minimum Gasteiger partial charge on any atom is -0.423 e. The standard InChI is InChI=1S/C25H30FN5O3/c1-3-5-10-29-11-13-30(14-12-29)22-9-6-18(16-27-22)20-8-7-19(15-21(20)26)31-17-24(34-25(31)33)28-23(32)4-2/h3,5-9,15-16,24H,4,10-14,17H2,1-2H3,(H,28,32)/b5-3+. The summed E-state index contributed by atoms with van der Waals surface area (Å²) in [6, 6.07) is 8.39. The van der Waals surface area contributed by atoms with Gasteiger partial charge in [0, 0.05) is 56.5 Å². The second kappa shape index (κ2) is 10.6. The van der Waals surface area contributed by atoms with Crippen LogP contribution in [0.15, 0.2) is 48.7 Å². The van der Waals surface area contributed by atoms with E-state index in [1.54, 1.807) is 25.3 Å². The highest BCUT2D eigenvalue weighted by molar-refractivity contribution is 5.90. The van der Waals surface area contributed by atoms with Gasteiger partial charge in [0.1, 0.15) is 11.6 Å². The fraction of sp³-hybridized carbons (Fsp3) is 0.400. The number of ether oxygens (including phenoxy) is 1.